The zero-order valence-electron chi connectivity index (χ0n) is 11.4. The van der Waals surface area contributed by atoms with Crippen LogP contribution in [-0.2, 0) is 9.53 Å². The molecular formula is C11H20N4O2S. The molecule has 0 amide bonds. The number of nitrogens with one attached hydrogen (secondary N) is 2. The minimum absolute atomic E-state index is 0.191. The monoisotopic (exact) mass is 272 g/mol. The van der Waals surface area contributed by atoms with E-state index in [4.69, 9.17) is 4.74 Å². The van der Waals surface area contributed by atoms with Gasteiger partial charge in [-0.3, -0.25) is 9.89 Å². The van der Waals surface area contributed by atoms with Gasteiger partial charge in [0, 0.05) is 5.25 Å². The zero-order valence-corrected chi connectivity index (χ0v) is 12.2. The molecule has 1 rings (SSSR count). The Morgan fingerprint density at radius 3 is 2.78 bits per heavy atom. The number of aromatic amines is 1. The Morgan fingerprint density at radius 1 is 1.67 bits per heavy atom. The van der Waals surface area contributed by atoms with Crippen LogP contribution in [0.2, 0.25) is 0 Å². The lowest BCUT2D eigenvalue weighted by Gasteiger charge is -2.28. The first-order valence-corrected chi connectivity index (χ1v) is 6.62. The van der Waals surface area contributed by atoms with Crippen LogP contribution in [0.3, 0.4) is 0 Å². The molecule has 0 bridgehead atoms. The normalized spacial score (nSPS) is 16.1. The third kappa shape index (κ3) is 3.71. The van der Waals surface area contributed by atoms with Crippen molar-refractivity contribution >= 4 is 17.7 Å². The van der Waals surface area contributed by atoms with Crippen molar-refractivity contribution in [2.24, 2.45) is 0 Å². The van der Waals surface area contributed by atoms with Crippen LogP contribution in [-0.4, -0.2) is 46.1 Å². The summed E-state index contributed by atoms with van der Waals surface area (Å²) >= 11 is 1.53. The molecule has 2 N–H and O–H groups in total. The standard InChI is InChI=1S/C11H20N4O2S/c1-7(18-10-13-8(2)14-15-10)6-11(3,12-4)9(16)17-5/h7,12H,6H2,1-5H3,(H,13,14,15). The Balaban J connectivity index is 2.62. The third-order valence-electron chi connectivity index (χ3n) is 2.77. The van der Waals surface area contributed by atoms with Gasteiger partial charge < -0.3 is 10.1 Å². The quantitative estimate of drug-likeness (QED) is 0.597. The second kappa shape index (κ2) is 6.19. The second-order valence-corrected chi connectivity index (χ2v) is 5.82. The van der Waals surface area contributed by atoms with E-state index in [1.165, 1.54) is 18.9 Å². The Hall–Kier alpha value is -1.08. The molecule has 0 fully saturated rings. The molecule has 1 heterocycles. The molecule has 7 heteroatoms. The molecule has 0 radical (unpaired) electrons. The summed E-state index contributed by atoms with van der Waals surface area (Å²) in [7, 11) is 3.15. The highest BCUT2D eigenvalue weighted by Crippen LogP contribution is 2.26. The molecule has 0 aliphatic rings. The van der Waals surface area contributed by atoms with Gasteiger partial charge in [-0.1, -0.05) is 18.7 Å². The summed E-state index contributed by atoms with van der Waals surface area (Å²) in [5.41, 5.74) is -0.688. The van der Waals surface area contributed by atoms with Crippen LogP contribution in [0.1, 0.15) is 26.1 Å². The van der Waals surface area contributed by atoms with Gasteiger partial charge >= 0.3 is 5.97 Å². The third-order valence-corrected chi connectivity index (χ3v) is 3.73. The number of nitrogens with zero attached hydrogens (tertiary/aromatic N) is 2. The number of carbonyl (C=O) groups excluding carboxylic acids is 1. The minimum atomic E-state index is -0.688. The van der Waals surface area contributed by atoms with Gasteiger partial charge in [0.2, 0.25) is 5.16 Å². The molecule has 0 aromatic carbocycles. The lowest BCUT2D eigenvalue weighted by atomic mass is 9.96. The highest BCUT2D eigenvalue weighted by molar-refractivity contribution is 7.99. The number of rotatable bonds is 6. The molecule has 18 heavy (non-hydrogen) atoms. The van der Waals surface area contributed by atoms with Crippen molar-refractivity contribution in [2.75, 3.05) is 14.2 Å². The second-order valence-electron chi connectivity index (χ2n) is 4.41. The topological polar surface area (TPSA) is 79.9 Å². The van der Waals surface area contributed by atoms with Gasteiger partial charge in [-0.05, 0) is 27.3 Å². The molecule has 0 spiro atoms. The van der Waals surface area contributed by atoms with E-state index in [9.17, 15) is 4.79 Å². The van der Waals surface area contributed by atoms with Gasteiger partial charge in [0.05, 0.1) is 7.11 Å². The summed E-state index contributed by atoms with van der Waals surface area (Å²) in [6.07, 6.45) is 0.633. The van der Waals surface area contributed by atoms with Crippen LogP contribution in [0.15, 0.2) is 5.16 Å². The van der Waals surface area contributed by atoms with Crippen LogP contribution in [0.25, 0.3) is 0 Å². The highest BCUT2D eigenvalue weighted by atomic mass is 32.2. The lowest BCUT2D eigenvalue weighted by molar-refractivity contribution is -0.147. The lowest BCUT2D eigenvalue weighted by Crippen LogP contribution is -2.49. The van der Waals surface area contributed by atoms with E-state index in [1.807, 2.05) is 20.8 Å². The first kappa shape index (κ1) is 15.0. The van der Waals surface area contributed by atoms with Crippen molar-refractivity contribution in [3.8, 4) is 0 Å². The number of thioether (sulfide) groups is 1. The number of hydrogen-bond donors (Lipinski definition) is 2. The molecule has 0 saturated carbocycles. The summed E-state index contributed by atoms with van der Waals surface area (Å²) in [6.45, 7) is 5.72. The maximum atomic E-state index is 11.7. The van der Waals surface area contributed by atoms with Gasteiger partial charge in [-0.15, -0.1) is 5.10 Å². The maximum Gasteiger partial charge on any atom is 0.325 e. The smallest absolute Gasteiger partial charge is 0.325 e. The van der Waals surface area contributed by atoms with Gasteiger partial charge in [0.25, 0.3) is 0 Å². The maximum absolute atomic E-state index is 11.7. The Bertz CT molecular complexity index is 410. The van der Waals surface area contributed by atoms with Gasteiger partial charge in [0.15, 0.2) is 0 Å². The van der Waals surface area contributed by atoms with Crippen molar-refractivity contribution < 1.29 is 9.53 Å². The van der Waals surface area contributed by atoms with Crippen molar-refractivity contribution in [3.63, 3.8) is 0 Å². The fraction of sp³-hybridized carbons (Fsp3) is 0.727. The van der Waals surface area contributed by atoms with E-state index in [2.05, 4.69) is 20.5 Å². The van der Waals surface area contributed by atoms with E-state index in [0.29, 0.717) is 11.6 Å². The van der Waals surface area contributed by atoms with Crippen LogP contribution >= 0.6 is 11.8 Å². The number of esters is 1. The van der Waals surface area contributed by atoms with Gasteiger partial charge in [-0.2, -0.15) is 0 Å². The Morgan fingerprint density at radius 2 is 2.33 bits per heavy atom. The number of aromatic nitrogens is 3. The fourth-order valence-electron chi connectivity index (χ4n) is 1.68. The summed E-state index contributed by atoms with van der Waals surface area (Å²) in [5, 5.41) is 10.8. The number of H-pyrrole nitrogens is 1. The summed E-state index contributed by atoms with van der Waals surface area (Å²) in [6, 6.07) is 0. The van der Waals surface area contributed by atoms with Crippen LogP contribution < -0.4 is 5.32 Å². The molecule has 2 atom stereocenters. The molecule has 102 valence electrons. The average Bonchev–Trinajstić information content (AvgIpc) is 2.73. The predicted molar refractivity (Wildman–Crippen MR) is 70.5 cm³/mol. The molecule has 0 saturated heterocycles. The fourth-order valence-corrected chi connectivity index (χ4v) is 2.75. The SMILES string of the molecule is CNC(C)(CC(C)Sc1n[nH]c(C)n1)C(=O)OC. The van der Waals surface area contributed by atoms with Gasteiger partial charge in [-0.25, -0.2) is 4.98 Å². The van der Waals surface area contributed by atoms with Gasteiger partial charge in [0.1, 0.15) is 11.4 Å². The van der Waals surface area contributed by atoms with Crippen molar-refractivity contribution in [2.45, 2.75) is 43.1 Å². The molecule has 1 aromatic heterocycles. The largest absolute Gasteiger partial charge is 0.468 e. The number of methoxy groups -OCH3 is 1. The van der Waals surface area contributed by atoms with Crippen LogP contribution in [0.5, 0.6) is 0 Å². The molecule has 6 nitrogen and oxygen atoms in total. The summed E-state index contributed by atoms with van der Waals surface area (Å²) in [5.74, 6) is 0.526. The first-order chi connectivity index (χ1) is 8.41. The van der Waals surface area contributed by atoms with E-state index in [-0.39, 0.29) is 11.2 Å². The molecule has 0 aliphatic heterocycles. The van der Waals surface area contributed by atoms with E-state index < -0.39 is 5.54 Å². The number of hydrogen-bond acceptors (Lipinski definition) is 6. The van der Waals surface area contributed by atoms with E-state index in [0.717, 1.165) is 5.82 Å². The number of ether oxygens (including phenoxy) is 1. The Kier molecular flexibility index (Phi) is 5.15. The van der Waals surface area contributed by atoms with Crippen molar-refractivity contribution in [3.05, 3.63) is 5.82 Å². The predicted octanol–water partition coefficient (Wildman–Crippen LogP) is 1.13. The molecular weight excluding hydrogens is 252 g/mol. The highest BCUT2D eigenvalue weighted by Gasteiger charge is 2.34. The van der Waals surface area contributed by atoms with Crippen LogP contribution in [0, 0.1) is 6.92 Å². The van der Waals surface area contributed by atoms with Crippen molar-refractivity contribution in [1.82, 2.24) is 20.5 Å². The summed E-state index contributed by atoms with van der Waals surface area (Å²) < 4.78 is 4.81. The number of likely N-dealkylation sites (N-methyl/N-ethyl adjacent to an activating group) is 1. The first-order valence-electron chi connectivity index (χ1n) is 5.74. The van der Waals surface area contributed by atoms with Crippen LogP contribution in [0.4, 0.5) is 0 Å². The van der Waals surface area contributed by atoms with E-state index >= 15 is 0 Å². The Labute approximate surface area is 111 Å². The molecule has 0 aliphatic carbocycles. The van der Waals surface area contributed by atoms with E-state index in [1.54, 1.807) is 7.05 Å². The molecule has 1 aromatic rings. The summed E-state index contributed by atoms with van der Waals surface area (Å²) in [4.78, 5) is 16.0. The molecule has 2 unspecified atom stereocenters. The minimum Gasteiger partial charge on any atom is -0.468 e. The average molecular weight is 272 g/mol. The van der Waals surface area contributed by atoms with Crippen molar-refractivity contribution in [1.29, 1.82) is 0 Å². The number of aryl methyl sites for hydroxylation is 1. The number of carbonyl (C=O) groups is 1. The zero-order chi connectivity index (χ0) is 13.8.